The van der Waals surface area contributed by atoms with Gasteiger partial charge >= 0.3 is 0 Å². The molecule has 0 N–H and O–H groups in total. The first-order chi connectivity index (χ1) is 7.72. The van der Waals surface area contributed by atoms with E-state index in [1.54, 1.807) is 18.2 Å². The van der Waals surface area contributed by atoms with Crippen molar-refractivity contribution in [1.29, 1.82) is 0 Å². The molecule has 1 aromatic heterocycles. The number of hydrogen-bond donors (Lipinski definition) is 0. The maximum absolute atomic E-state index is 11.7. The summed E-state index contributed by atoms with van der Waals surface area (Å²) < 4.78 is 1.42. The summed E-state index contributed by atoms with van der Waals surface area (Å²) in [5, 5.41) is 11.5. The van der Waals surface area contributed by atoms with E-state index < -0.39 is 0 Å². The van der Waals surface area contributed by atoms with Crippen LogP contribution < -0.4 is 0 Å². The fourth-order valence-electron chi connectivity index (χ4n) is 1.28. The third-order valence-electron chi connectivity index (χ3n) is 1.98. The van der Waals surface area contributed by atoms with Crippen molar-refractivity contribution < 1.29 is 4.79 Å². The van der Waals surface area contributed by atoms with Crippen LogP contribution in [0.5, 0.6) is 0 Å². The van der Waals surface area contributed by atoms with Crippen molar-refractivity contribution >= 4 is 33.3 Å². The summed E-state index contributed by atoms with van der Waals surface area (Å²) >= 11 is 8.97. The number of hydrogen-bond acceptors (Lipinski definition) is 4. The summed E-state index contributed by atoms with van der Waals surface area (Å²) in [6.45, 7) is 0. The summed E-state index contributed by atoms with van der Waals surface area (Å²) in [6.07, 6.45) is 1.42. The predicted octanol–water partition coefficient (Wildman–Crippen LogP) is 1.89. The largest absolute Gasteiger partial charge is 0.293 e. The number of rotatable bonds is 3. The van der Waals surface area contributed by atoms with Crippen LogP contribution in [0.3, 0.4) is 0 Å². The topological polar surface area (TPSA) is 60.7 Å². The van der Waals surface area contributed by atoms with E-state index in [4.69, 9.17) is 11.6 Å². The molecule has 0 fully saturated rings. The van der Waals surface area contributed by atoms with Gasteiger partial charge in [-0.2, -0.15) is 4.68 Å². The molecule has 0 radical (unpaired) electrons. The first kappa shape index (κ1) is 11.2. The summed E-state index contributed by atoms with van der Waals surface area (Å²) in [4.78, 5) is 11.7. The third-order valence-corrected chi connectivity index (χ3v) is 2.72. The number of alkyl halides is 1. The van der Waals surface area contributed by atoms with Crippen molar-refractivity contribution in [2.24, 2.45) is 0 Å². The summed E-state index contributed by atoms with van der Waals surface area (Å²) in [6, 6.07) is 4.99. The van der Waals surface area contributed by atoms with Crippen LogP contribution in [0.1, 0.15) is 10.4 Å². The van der Waals surface area contributed by atoms with Gasteiger partial charge in [0.1, 0.15) is 6.33 Å². The van der Waals surface area contributed by atoms with Gasteiger partial charge in [0.05, 0.1) is 11.0 Å². The Labute approximate surface area is 105 Å². The molecule has 7 heteroatoms. The van der Waals surface area contributed by atoms with Crippen molar-refractivity contribution in [3.63, 3.8) is 0 Å². The number of nitrogens with zero attached hydrogens (tertiary/aromatic N) is 4. The van der Waals surface area contributed by atoms with Gasteiger partial charge in [0.15, 0.2) is 5.78 Å². The van der Waals surface area contributed by atoms with E-state index in [1.807, 2.05) is 0 Å². The molecule has 1 aromatic carbocycles. The highest BCUT2D eigenvalue weighted by Crippen LogP contribution is 2.19. The number of halogens is 2. The highest BCUT2D eigenvalue weighted by molar-refractivity contribution is 9.09. The third kappa shape index (κ3) is 2.12. The van der Waals surface area contributed by atoms with Crippen molar-refractivity contribution in [1.82, 2.24) is 20.2 Å². The SMILES string of the molecule is O=C(CBr)c1cc(Cl)ccc1-n1cnnn1. The zero-order valence-electron chi connectivity index (χ0n) is 7.97. The van der Waals surface area contributed by atoms with Crippen LogP contribution in [-0.2, 0) is 0 Å². The highest BCUT2D eigenvalue weighted by Gasteiger charge is 2.13. The molecule has 0 aliphatic heterocycles. The molecule has 0 spiro atoms. The van der Waals surface area contributed by atoms with E-state index in [0.717, 1.165) is 0 Å². The highest BCUT2D eigenvalue weighted by atomic mass is 79.9. The second-order valence-corrected chi connectivity index (χ2v) is 3.97. The van der Waals surface area contributed by atoms with Crippen LogP contribution in [-0.4, -0.2) is 31.3 Å². The van der Waals surface area contributed by atoms with Crippen LogP contribution in [0.25, 0.3) is 5.69 Å². The van der Waals surface area contributed by atoms with Crippen molar-refractivity contribution in [3.8, 4) is 5.69 Å². The van der Waals surface area contributed by atoms with E-state index in [0.29, 0.717) is 16.3 Å². The Balaban J connectivity index is 2.57. The molecule has 0 bridgehead atoms. The van der Waals surface area contributed by atoms with E-state index >= 15 is 0 Å². The number of benzene rings is 1. The average molecular weight is 302 g/mol. The molecule has 0 atom stereocenters. The molecule has 5 nitrogen and oxygen atoms in total. The molecule has 2 rings (SSSR count). The van der Waals surface area contributed by atoms with Gasteiger partial charge in [-0.1, -0.05) is 27.5 Å². The lowest BCUT2D eigenvalue weighted by molar-refractivity contribution is 0.102. The van der Waals surface area contributed by atoms with Crippen LogP contribution in [0, 0.1) is 0 Å². The summed E-state index contributed by atoms with van der Waals surface area (Å²) in [5.74, 6) is -0.0759. The zero-order valence-corrected chi connectivity index (χ0v) is 10.3. The Bertz CT molecular complexity index is 514. The number of carbonyl (C=O) groups is 1. The molecule has 0 unspecified atom stereocenters. The summed E-state index contributed by atoms with van der Waals surface area (Å²) in [7, 11) is 0. The van der Waals surface area contributed by atoms with Gasteiger partial charge in [0.25, 0.3) is 0 Å². The maximum atomic E-state index is 11.7. The maximum Gasteiger partial charge on any atom is 0.175 e. The number of Topliss-reactive ketones (excluding diaryl/α,β-unsaturated/α-hetero) is 1. The van der Waals surface area contributed by atoms with Crippen LogP contribution >= 0.6 is 27.5 Å². The number of carbonyl (C=O) groups excluding carboxylic acids is 1. The minimum atomic E-state index is -0.0759. The quantitative estimate of drug-likeness (QED) is 0.641. The van der Waals surface area contributed by atoms with Crippen molar-refractivity contribution in [3.05, 3.63) is 35.1 Å². The molecule has 2 aromatic rings. The Morgan fingerprint density at radius 1 is 1.50 bits per heavy atom. The van der Waals surface area contributed by atoms with E-state index in [-0.39, 0.29) is 11.1 Å². The average Bonchev–Trinajstić information content (AvgIpc) is 2.81. The van der Waals surface area contributed by atoms with Crippen LogP contribution in [0.15, 0.2) is 24.5 Å². The fraction of sp³-hybridized carbons (Fsp3) is 0.111. The van der Waals surface area contributed by atoms with Gasteiger partial charge in [-0.15, -0.1) is 5.10 Å². The molecule has 82 valence electrons. The molecule has 0 saturated heterocycles. The lowest BCUT2D eigenvalue weighted by atomic mass is 10.1. The summed E-state index contributed by atoms with van der Waals surface area (Å²) in [5.41, 5.74) is 1.09. The van der Waals surface area contributed by atoms with Crippen molar-refractivity contribution in [2.45, 2.75) is 0 Å². The molecule has 0 amide bonds. The van der Waals surface area contributed by atoms with E-state index in [2.05, 4.69) is 31.5 Å². The minimum Gasteiger partial charge on any atom is -0.293 e. The molecule has 0 aliphatic rings. The monoisotopic (exact) mass is 300 g/mol. The molecule has 1 heterocycles. The Morgan fingerprint density at radius 3 is 2.94 bits per heavy atom. The predicted molar refractivity (Wildman–Crippen MR) is 62.3 cm³/mol. The zero-order chi connectivity index (χ0) is 11.5. The van der Waals surface area contributed by atoms with Gasteiger partial charge in [-0.25, -0.2) is 0 Å². The second-order valence-electron chi connectivity index (χ2n) is 2.97. The number of aromatic nitrogens is 4. The van der Waals surface area contributed by atoms with Crippen molar-refractivity contribution in [2.75, 3.05) is 5.33 Å². The van der Waals surface area contributed by atoms with Gasteiger partial charge < -0.3 is 0 Å². The van der Waals surface area contributed by atoms with Gasteiger partial charge in [-0.05, 0) is 28.6 Å². The number of tetrazole rings is 1. The lowest BCUT2D eigenvalue weighted by Crippen LogP contribution is -2.07. The Kier molecular flexibility index (Phi) is 3.31. The van der Waals surface area contributed by atoms with Gasteiger partial charge in [-0.3, -0.25) is 4.79 Å². The smallest absolute Gasteiger partial charge is 0.175 e. The molecular weight excluding hydrogens is 295 g/mol. The minimum absolute atomic E-state index is 0.0759. The van der Waals surface area contributed by atoms with Gasteiger partial charge in [0.2, 0.25) is 0 Å². The van der Waals surface area contributed by atoms with Gasteiger partial charge in [0, 0.05) is 10.6 Å². The number of ketones is 1. The molecule has 0 saturated carbocycles. The molecule has 0 aliphatic carbocycles. The Morgan fingerprint density at radius 2 is 2.31 bits per heavy atom. The molecule has 16 heavy (non-hydrogen) atoms. The van der Waals surface area contributed by atoms with Crippen LogP contribution in [0.4, 0.5) is 0 Å². The molecular formula is C9H6BrClN4O. The van der Waals surface area contributed by atoms with Crippen LogP contribution in [0.2, 0.25) is 5.02 Å². The standard InChI is InChI=1S/C9H6BrClN4O/c10-4-9(16)7-3-6(11)1-2-8(7)15-5-12-13-14-15/h1-3,5H,4H2. The van der Waals surface area contributed by atoms with E-state index in [1.165, 1.54) is 11.0 Å². The Hall–Kier alpha value is -1.27. The normalized spacial score (nSPS) is 10.4. The fourth-order valence-corrected chi connectivity index (χ4v) is 1.75. The first-order valence-corrected chi connectivity index (χ1v) is 5.84. The first-order valence-electron chi connectivity index (χ1n) is 4.34. The second kappa shape index (κ2) is 4.71. The lowest BCUT2D eigenvalue weighted by Gasteiger charge is -2.06. The van der Waals surface area contributed by atoms with E-state index in [9.17, 15) is 4.79 Å².